The number of aromatic nitrogens is 1. The Bertz CT molecular complexity index is 1040. The van der Waals surface area contributed by atoms with Crippen LogP contribution in [0.15, 0.2) is 70.0 Å². The van der Waals surface area contributed by atoms with E-state index >= 15 is 0 Å². The van der Waals surface area contributed by atoms with Crippen LogP contribution < -0.4 is 10.2 Å². The Kier molecular flexibility index (Phi) is 2.76. The van der Waals surface area contributed by atoms with E-state index in [0.717, 1.165) is 10.9 Å². The molecule has 2 heterocycles. The molecule has 22 heavy (non-hydrogen) atoms. The van der Waals surface area contributed by atoms with Gasteiger partial charge in [0.05, 0.1) is 18.0 Å². The van der Waals surface area contributed by atoms with Crippen molar-refractivity contribution in [2.24, 2.45) is 0 Å². The molecule has 4 aromatic rings. The van der Waals surface area contributed by atoms with Crippen LogP contribution in [0.3, 0.4) is 0 Å². The first-order valence-corrected chi connectivity index (χ1v) is 6.94. The number of ether oxygens (including phenoxy) is 1. The average molecular weight is 291 g/mol. The van der Waals surface area contributed by atoms with Gasteiger partial charge in [0.25, 0.3) is 0 Å². The third-order valence-corrected chi connectivity index (χ3v) is 3.76. The number of nitrogens with zero attached hydrogens (tertiary/aromatic N) is 1. The molecular formula is C18H13NO3. The number of rotatable bonds is 2. The molecule has 4 rings (SSSR count). The van der Waals surface area contributed by atoms with Crippen molar-refractivity contribution in [3.63, 3.8) is 0 Å². The Morgan fingerprint density at radius 3 is 2.77 bits per heavy atom. The third-order valence-electron chi connectivity index (χ3n) is 3.76. The molecule has 0 aliphatic carbocycles. The Morgan fingerprint density at radius 2 is 1.91 bits per heavy atom. The first-order chi connectivity index (χ1) is 10.8. The van der Waals surface area contributed by atoms with Crippen molar-refractivity contribution < 1.29 is 9.15 Å². The van der Waals surface area contributed by atoms with E-state index in [1.807, 2.05) is 41.1 Å². The van der Waals surface area contributed by atoms with Crippen molar-refractivity contribution in [1.29, 1.82) is 0 Å². The van der Waals surface area contributed by atoms with E-state index in [1.54, 1.807) is 25.3 Å². The topological polar surface area (TPSA) is 44.4 Å². The van der Waals surface area contributed by atoms with Crippen LogP contribution in [0.5, 0.6) is 5.75 Å². The highest BCUT2D eigenvalue weighted by Crippen LogP contribution is 2.24. The molecular weight excluding hydrogens is 278 g/mol. The summed E-state index contributed by atoms with van der Waals surface area (Å²) >= 11 is 0. The maximum absolute atomic E-state index is 12.3. The Balaban J connectivity index is 2.01. The number of para-hydroxylation sites is 1. The monoisotopic (exact) mass is 291 g/mol. The highest BCUT2D eigenvalue weighted by Gasteiger charge is 2.09. The molecule has 0 N–H and O–H groups in total. The maximum atomic E-state index is 12.3. The molecule has 0 aliphatic rings. The zero-order valence-corrected chi connectivity index (χ0v) is 11.9. The van der Waals surface area contributed by atoms with Gasteiger partial charge in [0, 0.05) is 23.7 Å². The lowest BCUT2D eigenvalue weighted by atomic mass is 10.2. The molecule has 0 aliphatic heterocycles. The average Bonchev–Trinajstić information content (AvgIpc) is 2.98. The summed E-state index contributed by atoms with van der Waals surface area (Å²) in [7, 11) is 1.59. The Hall–Kier alpha value is -3.01. The molecule has 0 fully saturated rings. The van der Waals surface area contributed by atoms with E-state index in [2.05, 4.69) is 0 Å². The third kappa shape index (κ3) is 1.89. The number of methoxy groups -OCH3 is 1. The highest BCUT2D eigenvalue weighted by molar-refractivity contribution is 5.82. The highest BCUT2D eigenvalue weighted by atomic mass is 16.5. The van der Waals surface area contributed by atoms with Gasteiger partial charge in [-0.1, -0.05) is 18.2 Å². The van der Waals surface area contributed by atoms with Gasteiger partial charge in [-0.3, -0.25) is 9.36 Å². The van der Waals surface area contributed by atoms with Gasteiger partial charge in [-0.2, -0.15) is 0 Å². The second kappa shape index (κ2) is 4.77. The van der Waals surface area contributed by atoms with Gasteiger partial charge < -0.3 is 9.15 Å². The summed E-state index contributed by atoms with van der Waals surface area (Å²) in [6, 6.07) is 16.7. The fourth-order valence-electron chi connectivity index (χ4n) is 2.64. The summed E-state index contributed by atoms with van der Waals surface area (Å²) in [6.07, 6.45) is 1.90. The molecule has 0 saturated heterocycles. The molecule has 2 aromatic heterocycles. The summed E-state index contributed by atoms with van der Waals surface area (Å²) in [5.41, 5.74) is 1.43. The van der Waals surface area contributed by atoms with Crippen LogP contribution in [-0.4, -0.2) is 11.7 Å². The summed E-state index contributed by atoms with van der Waals surface area (Å²) < 4.78 is 13.0. The van der Waals surface area contributed by atoms with E-state index in [1.165, 1.54) is 6.07 Å². The first kappa shape index (κ1) is 12.7. The van der Waals surface area contributed by atoms with Crippen LogP contribution in [0.25, 0.3) is 27.8 Å². The maximum Gasteiger partial charge on any atom is 0.208 e. The van der Waals surface area contributed by atoms with E-state index in [4.69, 9.17) is 9.15 Å². The Labute approximate surface area is 126 Å². The van der Waals surface area contributed by atoms with E-state index < -0.39 is 0 Å². The molecule has 0 spiro atoms. The summed E-state index contributed by atoms with van der Waals surface area (Å²) in [4.78, 5) is 12.3. The minimum atomic E-state index is -0.0725. The number of hydrogen-bond acceptors (Lipinski definition) is 3. The van der Waals surface area contributed by atoms with Gasteiger partial charge in [-0.25, -0.2) is 0 Å². The fraction of sp³-hybridized carbons (Fsp3) is 0.0556. The predicted molar refractivity (Wildman–Crippen MR) is 85.9 cm³/mol. The molecule has 0 saturated carbocycles. The minimum Gasteiger partial charge on any atom is -0.497 e. The normalized spacial score (nSPS) is 11.1. The fourth-order valence-corrected chi connectivity index (χ4v) is 2.64. The summed E-state index contributed by atoms with van der Waals surface area (Å²) in [6.45, 7) is 0. The van der Waals surface area contributed by atoms with Crippen molar-refractivity contribution in [1.82, 2.24) is 4.57 Å². The minimum absolute atomic E-state index is 0.0725. The van der Waals surface area contributed by atoms with Crippen LogP contribution >= 0.6 is 0 Å². The molecule has 0 amide bonds. The molecule has 0 atom stereocenters. The summed E-state index contributed by atoms with van der Waals surface area (Å²) in [5.74, 6) is 1.15. The van der Waals surface area contributed by atoms with Crippen molar-refractivity contribution in [3.05, 3.63) is 71.0 Å². The lowest BCUT2D eigenvalue weighted by Gasteiger charge is -2.07. The molecule has 0 unspecified atom stereocenters. The lowest BCUT2D eigenvalue weighted by Crippen LogP contribution is -2.04. The Morgan fingerprint density at radius 1 is 1.05 bits per heavy atom. The van der Waals surface area contributed by atoms with E-state index in [9.17, 15) is 4.79 Å². The molecule has 4 nitrogen and oxygen atoms in total. The number of fused-ring (bicyclic) bond motifs is 2. The molecule has 4 heteroatoms. The standard InChI is InChI=1S/C18H13NO3/c1-21-13-6-7-14-16(20)11-18(22-17(14)10-13)19-9-8-12-4-2-3-5-15(12)19/h2-11H,1H3. The SMILES string of the molecule is COc1ccc2c(=O)cc(-n3ccc4ccccc43)oc2c1. The zero-order valence-electron chi connectivity index (χ0n) is 11.9. The van der Waals surface area contributed by atoms with Crippen LogP contribution in [0.2, 0.25) is 0 Å². The second-order valence-electron chi connectivity index (χ2n) is 5.06. The largest absolute Gasteiger partial charge is 0.497 e. The van der Waals surface area contributed by atoms with Crippen LogP contribution in [-0.2, 0) is 0 Å². The predicted octanol–water partition coefficient (Wildman–Crippen LogP) is 3.75. The lowest BCUT2D eigenvalue weighted by molar-refractivity contribution is 0.414. The number of hydrogen-bond donors (Lipinski definition) is 0. The molecule has 0 radical (unpaired) electrons. The van der Waals surface area contributed by atoms with Gasteiger partial charge in [-0.15, -0.1) is 0 Å². The number of benzene rings is 2. The molecule has 108 valence electrons. The van der Waals surface area contributed by atoms with E-state index in [0.29, 0.717) is 22.6 Å². The first-order valence-electron chi connectivity index (χ1n) is 6.94. The van der Waals surface area contributed by atoms with Crippen molar-refractivity contribution in [2.75, 3.05) is 7.11 Å². The van der Waals surface area contributed by atoms with Crippen molar-refractivity contribution in [2.45, 2.75) is 0 Å². The van der Waals surface area contributed by atoms with E-state index in [-0.39, 0.29) is 5.43 Å². The van der Waals surface area contributed by atoms with Crippen LogP contribution in [0.1, 0.15) is 0 Å². The van der Waals surface area contributed by atoms with Gasteiger partial charge >= 0.3 is 0 Å². The van der Waals surface area contributed by atoms with Crippen LogP contribution in [0.4, 0.5) is 0 Å². The summed E-state index contributed by atoms with van der Waals surface area (Å²) in [5, 5.41) is 1.64. The van der Waals surface area contributed by atoms with Gasteiger partial charge in [0.15, 0.2) is 5.43 Å². The van der Waals surface area contributed by atoms with Gasteiger partial charge in [0.1, 0.15) is 11.3 Å². The molecule has 0 bridgehead atoms. The molecule has 2 aromatic carbocycles. The van der Waals surface area contributed by atoms with Crippen LogP contribution in [0, 0.1) is 0 Å². The van der Waals surface area contributed by atoms with Gasteiger partial charge in [0.2, 0.25) is 5.88 Å². The second-order valence-corrected chi connectivity index (χ2v) is 5.06. The zero-order chi connectivity index (χ0) is 15.1. The smallest absolute Gasteiger partial charge is 0.208 e. The van der Waals surface area contributed by atoms with Crippen molar-refractivity contribution in [3.8, 4) is 11.6 Å². The van der Waals surface area contributed by atoms with Crippen molar-refractivity contribution >= 4 is 21.9 Å². The van der Waals surface area contributed by atoms with Gasteiger partial charge in [-0.05, 0) is 24.3 Å². The quantitative estimate of drug-likeness (QED) is 0.565.